The molecule has 1 aromatic heterocycles. The molecule has 44 heavy (non-hydrogen) atoms. The van der Waals surface area contributed by atoms with Crippen molar-refractivity contribution < 1.29 is 41.9 Å². The van der Waals surface area contributed by atoms with Gasteiger partial charge in [0.2, 0.25) is 10.9 Å². The molecule has 0 fully saturated rings. The fourth-order valence-corrected chi connectivity index (χ4v) is 5.16. The number of anilines is 1. The van der Waals surface area contributed by atoms with E-state index in [1.807, 2.05) is 0 Å². The number of ether oxygens (including phenoxy) is 1. The van der Waals surface area contributed by atoms with Crippen molar-refractivity contribution in [1.29, 1.82) is 0 Å². The predicted octanol–water partition coefficient (Wildman–Crippen LogP) is 7.40. The average Bonchev–Trinajstić information content (AvgIpc) is 3.34. The van der Waals surface area contributed by atoms with E-state index in [9.17, 15) is 42.4 Å². The van der Waals surface area contributed by atoms with E-state index in [0.717, 1.165) is 45.4 Å². The zero-order valence-electron chi connectivity index (χ0n) is 24.7. The summed E-state index contributed by atoms with van der Waals surface area (Å²) in [5, 5.41) is 29.3. The maximum atomic E-state index is 14.3. The molecule has 3 rings (SSSR count). The summed E-state index contributed by atoms with van der Waals surface area (Å²) < 4.78 is 59.3. The van der Waals surface area contributed by atoms with Crippen molar-refractivity contribution in [2.45, 2.75) is 71.3 Å². The van der Waals surface area contributed by atoms with Crippen LogP contribution < -0.4 is 4.90 Å². The van der Waals surface area contributed by atoms with Gasteiger partial charge >= 0.3 is 24.1 Å². The lowest BCUT2D eigenvalue weighted by atomic mass is 9.97. The lowest BCUT2D eigenvalue weighted by Crippen LogP contribution is -2.56. The number of carbonyl (C=O) groups is 2. The maximum absolute atomic E-state index is 14.3. The number of hydrogen-bond donors (Lipinski definition) is 1. The predicted molar refractivity (Wildman–Crippen MR) is 154 cm³/mol. The van der Waals surface area contributed by atoms with Crippen molar-refractivity contribution in [3.8, 4) is 10.6 Å². The summed E-state index contributed by atoms with van der Waals surface area (Å²) in [4.78, 5) is 38.3. The van der Waals surface area contributed by atoms with E-state index >= 15 is 0 Å². The van der Waals surface area contributed by atoms with Gasteiger partial charge in [-0.2, -0.15) is 17.6 Å². The fourth-order valence-electron chi connectivity index (χ4n) is 4.32. The van der Waals surface area contributed by atoms with E-state index in [-0.39, 0.29) is 28.7 Å². The Morgan fingerprint density at radius 2 is 1.66 bits per heavy atom. The van der Waals surface area contributed by atoms with Gasteiger partial charge in [0, 0.05) is 17.2 Å². The molecule has 0 bridgehead atoms. The number of carboxylic acid groups (broad SMARTS) is 1. The molecule has 0 aliphatic carbocycles. The number of aromatic nitrogens is 2. The third kappa shape index (κ3) is 8.61. The van der Waals surface area contributed by atoms with Crippen molar-refractivity contribution in [2.75, 3.05) is 11.4 Å². The molecule has 3 aromatic rings. The summed E-state index contributed by atoms with van der Waals surface area (Å²) >= 11 is 0.827. The van der Waals surface area contributed by atoms with E-state index in [4.69, 9.17) is 4.74 Å². The van der Waals surface area contributed by atoms with Gasteiger partial charge in [-0.3, -0.25) is 15.0 Å². The summed E-state index contributed by atoms with van der Waals surface area (Å²) in [5.41, 5.74) is -3.08. The second-order valence-electron chi connectivity index (χ2n) is 11.8. The highest BCUT2D eigenvalue weighted by atomic mass is 32.1. The SMILES string of the molecule is CC(C)(C)OC(=O)N(C[C@H](Cc1ccc(C(F)(F)F)cc1)N(C(=O)O)C(C)(C)C)c1nnc(-c2ccc([N+](=O)[O-])c(F)c2)s1. The van der Waals surface area contributed by atoms with Gasteiger partial charge in [-0.25, -0.2) is 14.5 Å². The lowest BCUT2D eigenvalue weighted by molar-refractivity contribution is -0.387. The van der Waals surface area contributed by atoms with E-state index in [2.05, 4.69) is 10.2 Å². The molecule has 0 saturated heterocycles. The molecule has 16 heteroatoms. The minimum absolute atomic E-state index is 0.0512. The summed E-state index contributed by atoms with van der Waals surface area (Å²) in [7, 11) is 0. The third-order valence-corrected chi connectivity index (χ3v) is 7.09. The second kappa shape index (κ2) is 12.7. The Bertz CT molecular complexity index is 1520. The molecule has 1 atom stereocenters. The summed E-state index contributed by atoms with van der Waals surface area (Å²) in [5.74, 6) is -1.10. The van der Waals surface area contributed by atoms with E-state index in [1.165, 1.54) is 18.2 Å². The van der Waals surface area contributed by atoms with Crippen LogP contribution in [0.25, 0.3) is 10.6 Å². The van der Waals surface area contributed by atoms with Crippen molar-refractivity contribution >= 4 is 34.3 Å². The minimum Gasteiger partial charge on any atom is -0.465 e. The molecule has 2 aromatic carbocycles. The number of nitro groups is 1. The lowest BCUT2D eigenvalue weighted by Gasteiger charge is -2.41. The van der Waals surface area contributed by atoms with Crippen LogP contribution >= 0.6 is 11.3 Å². The third-order valence-electron chi connectivity index (χ3n) is 6.09. The normalized spacial score (nSPS) is 12.9. The average molecular weight is 642 g/mol. The molecule has 0 saturated carbocycles. The van der Waals surface area contributed by atoms with Gasteiger partial charge < -0.3 is 9.84 Å². The van der Waals surface area contributed by atoms with Crippen LogP contribution in [-0.4, -0.2) is 61.0 Å². The Labute approximate surface area is 254 Å². The molecule has 238 valence electrons. The first-order chi connectivity index (χ1) is 20.2. The monoisotopic (exact) mass is 641 g/mol. The van der Waals surface area contributed by atoms with Gasteiger partial charge in [-0.1, -0.05) is 23.5 Å². The highest BCUT2D eigenvalue weighted by Crippen LogP contribution is 2.34. The van der Waals surface area contributed by atoms with Crippen LogP contribution in [0.2, 0.25) is 0 Å². The fraction of sp³-hybridized carbons (Fsp3) is 0.429. The van der Waals surface area contributed by atoms with Gasteiger partial charge in [0.05, 0.1) is 23.1 Å². The van der Waals surface area contributed by atoms with Crippen molar-refractivity contribution in [3.63, 3.8) is 0 Å². The van der Waals surface area contributed by atoms with Crippen molar-refractivity contribution in [3.05, 3.63) is 69.5 Å². The number of benzene rings is 2. The van der Waals surface area contributed by atoms with Crippen LogP contribution in [0.5, 0.6) is 0 Å². The highest BCUT2D eigenvalue weighted by Gasteiger charge is 2.38. The Kier molecular flexibility index (Phi) is 9.87. The van der Waals surface area contributed by atoms with Crippen LogP contribution in [0, 0.1) is 15.9 Å². The van der Waals surface area contributed by atoms with E-state index < -0.39 is 57.5 Å². The molecule has 11 nitrogen and oxygen atoms in total. The molecule has 0 aliphatic heterocycles. The molecule has 0 radical (unpaired) electrons. The molecule has 0 aliphatic rings. The van der Waals surface area contributed by atoms with Gasteiger partial charge in [-0.15, -0.1) is 10.2 Å². The standard InChI is InChI=1S/C28H31F4N5O6S/c1-26(2,3)36(24(38)39)19(13-16-7-10-18(11-8-16)28(30,31)32)15-35(25(40)43-27(4,5)6)23-34-33-22(44-23)17-9-12-21(37(41)42)20(29)14-17/h7-12,14,19H,13,15H2,1-6H3,(H,38,39)/t19-/m0/s1. The Morgan fingerprint density at radius 3 is 2.14 bits per heavy atom. The number of alkyl halides is 3. The molecule has 1 heterocycles. The Balaban J connectivity index is 2.08. The van der Waals surface area contributed by atoms with Crippen LogP contribution in [-0.2, 0) is 17.3 Å². The number of hydrogen-bond acceptors (Lipinski definition) is 8. The largest absolute Gasteiger partial charge is 0.465 e. The quantitative estimate of drug-likeness (QED) is 0.152. The Hall–Kier alpha value is -4.34. The van der Waals surface area contributed by atoms with E-state index in [1.54, 1.807) is 41.5 Å². The topological polar surface area (TPSA) is 139 Å². The molecule has 1 N–H and O–H groups in total. The number of carbonyl (C=O) groups excluding carboxylic acids is 1. The van der Waals surface area contributed by atoms with Gasteiger partial charge in [-0.05, 0) is 77.8 Å². The van der Waals surface area contributed by atoms with Gasteiger partial charge in [0.25, 0.3) is 0 Å². The molecule has 0 spiro atoms. The number of nitro benzene ring substituents is 1. The van der Waals surface area contributed by atoms with Crippen LogP contribution in [0.1, 0.15) is 52.7 Å². The number of nitrogens with zero attached hydrogens (tertiary/aromatic N) is 5. The zero-order valence-corrected chi connectivity index (χ0v) is 25.5. The van der Waals surface area contributed by atoms with Crippen LogP contribution in [0.15, 0.2) is 42.5 Å². The minimum atomic E-state index is -4.56. The Morgan fingerprint density at radius 1 is 1.05 bits per heavy atom. The summed E-state index contributed by atoms with van der Waals surface area (Å²) in [6, 6.07) is 6.38. The highest BCUT2D eigenvalue weighted by molar-refractivity contribution is 7.18. The first-order valence-electron chi connectivity index (χ1n) is 13.1. The first-order valence-corrected chi connectivity index (χ1v) is 14.0. The molecular weight excluding hydrogens is 610 g/mol. The second-order valence-corrected chi connectivity index (χ2v) is 12.7. The van der Waals surface area contributed by atoms with Crippen LogP contribution in [0.4, 0.5) is 38.0 Å². The molecular formula is C28H31F4N5O6S. The maximum Gasteiger partial charge on any atom is 0.416 e. The molecule has 0 unspecified atom stereocenters. The van der Waals surface area contributed by atoms with Crippen molar-refractivity contribution in [1.82, 2.24) is 15.1 Å². The van der Waals surface area contributed by atoms with E-state index in [0.29, 0.717) is 5.56 Å². The number of rotatable bonds is 8. The number of amides is 2. The molecule has 2 amide bonds. The smallest absolute Gasteiger partial charge is 0.416 e. The summed E-state index contributed by atoms with van der Waals surface area (Å²) in [6.07, 6.45) is -6.89. The zero-order chi connectivity index (χ0) is 33.2. The van der Waals surface area contributed by atoms with Crippen molar-refractivity contribution in [2.24, 2.45) is 0 Å². The van der Waals surface area contributed by atoms with Gasteiger partial charge in [0.1, 0.15) is 10.6 Å². The first kappa shape index (κ1) is 34.2. The van der Waals surface area contributed by atoms with Crippen LogP contribution in [0.3, 0.4) is 0 Å². The summed E-state index contributed by atoms with van der Waals surface area (Å²) in [6.45, 7) is 9.40. The number of halogens is 4. The van der Waals surface area contributed by atoms with Gasteiger partial charge in [0.15, 0.2) is 0 Å².